The molecule has 0 bridgehead atoms. The predicted octanol–water partition coefficient (Wildman–Crippen LogP) is 0.443. The summed E-state index contributed by atoms with van der Waals surface area (Å²) < 4.78 is 26.5. The Balaban J connectivity index is 2.74. The van der Waals surface area contributed by atoms with E-state index in [1.807, 2.05) is 0 Å². The fourth-order valence-corrected chi connectivity index (χ4v) is 2.31. The van der Waals surface area contributed by atoms with Crippen LogP contribution in [0, 0.1) is 0 Å². The normalized spacial score (nSPS) is 20.3. The molecule has 0 N–H and O–H groups in total. The summed E-state index contributed by atoms with van der Waals surface area (Å²) in [5.41, 5.74) is 0. The van der Waals surface area contributed by atoms with Gasteiger partial charge in [-0.1, -0.05) is 17.2 Å². The van der Waals surface area contributed by atoms with Crippen molar-refractivity contribution in [2.24, 2.45) is 4.40 Å². The molecular weight excluding hydrogens is 192 g/mol. The molecule has 5 nitrogen and oxygen atoms in total. The van der Waals surface area contributed by atoms with Crippen molar-refractivity contribution in [2.75, 3.05) is 13.1 Å². The lowest BCUT2D eigenvalue weighted by Crippen LogP contribution is -2.30. The average molecular weight is 204 g/mol. The molecule has 1 fully saturated rings. The van der Waals surface area contributed by atoms with Crippen LogP contribution in [0.1, 0.15) is 25.7 Å². The van der Waals surface area contributed by atoms with Gasteiger partial charge >= 0.3 is 10.2 Å². The topological polar surface area (TPSA) is 66.8 Å². The molecule has 1 saturated heterocycles. The first-order valence-electron chi connectivity index (χ1n) is 4.26. The average Bonchev–Trinajstić information content (AvgIpc) is 2.31. The summed E-state index contributed by atoms with van der Waals surface area (Å²) in [6, 6.07) is 0. The summed E-state index contributed by atoms with van der Waals surface area (Å²) in [6.45, 7) is 0.932. The summed E-state index contributed by atoms with van der Waals surface area (Å²) in [5, 5.41) is 0. The molecule has 13 heavy (non-hydrogen) atoms. The maximum atomic E-state index is 11.2. The van der Waals surface area contributed by atoms with Crippen LogP contribution < -0.4 is 0 Å². The minimum atomic E-state index is -3.72. The van der Waals surface area contributed by atoms with Gasteiger partial charge in [-0.05, 0) is 12.8 Å². The van der Waals surface area contributed by atoms with Gasteiger partial charge < -0.3 is 0 Å². The summed E-state index contributed by atoms with van der Waals surface area (Å²) in [6.07, 6.45) is 4.83. The van der Waals surface area contributed by atoms with E-state index in [-0.39, 0.29) is 0 Å². The lowest BCUT2D eigenvalue weighted by Gasteiger charge is -2.14. The van der Waals surface area contributed by atoms with Crippen molar-refractivity contribution < 1.29 is 13.2 Å². The molecule has 0 amide bonds. The molecule has 0 aromatic rings. The molecular formula is C7H12N2O3S. The molecule has 0 aromatic carbocycles. The van der Waals surface area contributed by atoms with Gasteiger partial charge in [0.25, 0.3) is 6.08 Å². The highest BCUT2D eigenvalue weighted by Gasteiger charge is 2.21. The monoisotopic (exact) mass is 204 g/mol. The first-order valence-corrected chi connectivity index (χ1v) is 5.66. The molecule has 0 saturated carbocycles. The van der Waals surface area contributed by atoms with E-state index < -0.39 is 10.2 Å². The van der Waals surface area contributed by atoms with Crippen LogP contribution in [0.3, 0.4) is 0 Å². The third-order valence-electron chi connectivity index (χ3n) is 2.04. The Morgan fingerprint density at radius 2 is 1.62 bits per heavy atom. The van der Waals surface area contributed by atoms with Gasteiger partial charge in [0.2, 0.25) is 0 Å². The lowest BCUT2D eigenvalue weighted by molar-refractivity contribution is 0.424. The smallest absolute Gasteiger partial charge is 0.210 e. The van der Waals surface area contributed by atoms with E-state index in [4.69, 9.17) is 0 Å². The number of hydrogen-bond donors (Lipinski definition) is 0. The van der Waals surface area contributed by atoms with Gasteiger partial charge in [-0.25, -0.2) is 4.79 Å². The SMILES string of the molecule is O=C=NS(=O)(=O)N1CCCCCC1. The minimum Gasteiger partial charge on any atom is -0.210 e. The Hall–Kier alpha value is -0.710. The Morgan fingerprint density at radius 3 is 2.08 bits per heavy atom. The fourth-order valence-electron chi connectivity index (χ4n) is 1.38. The van der Waals surface area contributed by atoms with Gasteiger partial charge in [-0.3, -0.25) is 0 Å². The number of rotatable bonds is 2. The predicted molar refractivity (Wildman–Crippen MR) is 47.1 cm³/mol. The standard InChI is InChI=1S/C7H12N2O3S/c10-7-8-13(11,12)9-5-3-1-2-4-6-9/h1-6H2. The highest BCUT2D eigenvalue weighted by Crippen LogP contribution is 2.13. The van der Waals surface area contributed by atoms with E-state index in [0.29, 0.717) is 13.1 Å². The van der Waals surface area contributed by atoms with Gasteiger partial charge in [0.1, 0.15) is 0 Å². The van der Waals surface area contributed by atoms with Crippen LogP contribution >= 0.6 is 0 Å². The maximum Gasteiger partial charge on any atom is 0.332 e. The van der Waals surface area contributed by atoms with E-state index in [2.05, 4.69) is 4.40 Å². The van der Waals surface area contributed by atoms with Gasteiger partial charge in [0.05, 0.1) is 0 Å². The van der Waals surface area contributed by atoms with Gasteiger partial charge in [0, 0.05) is 13.1 Å². The van der Waals surface area contributed by atoms with Crippen molar-refractivity contribution in [3.63, 3.8) is 0 Å². The molecule has 0 aliphatic carbocycles. The Bertz CT molecular complexity index is 298. The van der Waals surface area contributed by atoms with Gasteiger partial charge in [-0.15, -0.1) is 0 Å². The molecule has 0 spiro atoms. The van der Waals surface area contributed by atoms with Crippen LogP contribution in [-0.2, 0) is 15.0 Å². The molecule has 1 aliphatic heterocycles. The van der Waals surface area contributed by atoms with Crippen LogP contribution in [0.4, 0.5) is 0 Å². The second kappa shape index (κ2) is 4.50. The van der Waals surface area contributed by atoms with Crippen LogP contribution in [-0.4, -0.2) is 31.9 Å². The Labute approximate surface area is 77.6 Å². The Kier molecular flexibility index (Phi) is 3.59. The third kappa shape index (κ3) is 2.91. The molecule has 1 aliphatic rings. The molecule has 6 heteroatoms. The molecule has 74 valence electrons. The fraction of sp³-hybridized carbons (Fsp3) is 0.857. The second-order valence-corrected chi connectivity index (χ2v) is 4.57. The second-order valence-electron chi connectivity index (χ2n) is 2.97. The van der Waals surface area contributed by atoms with E-state index >= 15 is 0 Å². The molecule has 0 aromatic heterocycles. The molecule has 0 unspecified atom stereocenters. The zero-order valence-corrected chi connectivity index (χ0v) is 8.09. The lowest BCUT2D eigenvalue weighted by atomic mass is 10.2. The Morgan fingerprint density at radius 1 is 1.08 bits per heavy atom. The van der Waals surface area contributed by atoms with Crippen molar-refractivity contribution in [2.45, 2.75) is 25.7 Å². The first kappa shape index (κ1) is 10.4. The number of nitrogens with zero attached hydrogens (tertiary/aromatic N) is 2. The highest BCUT2D eigenvalue weighted by molar-refractivity contribution is 7.87. The van der Waals surface area contributed by atoms with E-state index in [0.717, 1.165) is 31.8 Å². The van der Waals surface area contributed by atoms with Crippen LogP contribution in [0.2, 0.25) is 0 Å². The molecule has 0 atom stereocenters. The molecule has 1 heterocycles. The number of hydrogen-bond acceptors (Lipinski definition) is 3. The zero-order chi connectivity index (χ0) is 9.73. The number of carbonyl (C=O) groups excluding carboxylic acids is 1. The van der Waals surface area contributed by atoms with Crippen molar-refractivity contribution in [3.05, 3.63) is 0 Å². The van der Waals surface area contributed by atoms with E-state index in [1.165, 1.54) is 4.31 Å². The molecule has 0 radical (unpaired) electrons. The van der Waals surface area contributed by atoms with E-state index in [9.17, 15) is 13.2 Å². The highest BCUT2D eigenvalue weighted by atomic mass is 32.2. The maximum absolute atomic E-state index is 11.2. The van der Waals surface area contributed by atoms with Crippen molar-refractivity contribution in [1.29, 1.82) is 0 Å². The quantitative estimate of drug-likeness (QED) is 0.484. The summed E-state index contributed by atoms with van der Waals surface area (Å²) >= 11 is 0. The minimum absolute atomic E-state index is 0.466. The van der Waals surface area contributed by atoms with Crippen molar-refractivity contribution in [3.8, 4) is 0 Å². The van der Waals surface area contributed by atoms with Crippen molar-refractivity contribution in [1.82, 2.24) is 4.31 Å². The largest absolute Gasteiger partial charge is 0.332 e. The molecule has 1 rings (SSSR count). The number of isocyanates is 1. The van der Waals surface area contributed by atoms with E-state index in [1.54, 1.807) is 0 Å². The van der Waals surface area contributed by atoms with Gasteiger partial charge in [0.15, 0.2) is 0 Å². The first-order chi connectivity index (χ1) is 6.17. The third-order valence-corrected chi connectivity index (χ3v) is 3.37. The summed E-state index contributed by atoms with van der Waals surface area (Å²) in [4.78, 5) is 9.85. The van der Waals surface area contributed by atoms with Crippen LogP contribution in [0.25, 0.3) is 0 Å². The zero-order valence-electron chi connectivity index (χ0n) is 7.27. The summed E-state index contributed by atoms with van der Waals surface area (Å²) in [5.74, 6) is 0. The van der Waals surface area contributed by atoms with Gasteiger partial charge in [-0.2, -0.15) is 12.7 Å². The summed E-state index contributed by atoms with van der Waals surface area (Å²) in [7, 11) is -3.72. The van der Waals surface area contributed by atoms with Crippen LogP contribution in [0.5, 0.6) is 0 Å². The van der Waals surface area contributed by atoms with Crippen LogP contribution in [0.15, 0.2) is 4.40 Å². The van der Waals surface area contributed by atoms with Crippen molar-refractivity contribution >= 4 is 16.3 Å².